The number of hydrogen-bond donors (Lipinski definition) is 2. The Morgan fingerprint density at radius 2 is 2.17 bits per heavy atom. The molecule has 0 aliphatic carbocycles. The van der Waals surface area contributed by atoms with E-state index in [1.165, 1.54) is 6.33 Å². The molecule has 0 saturated heterocycles. The highest BCUT2D eigenvalue weighted by Crippen LogP contribution is 2.36. The van der Waals surface area contributed by atoms with Crippen molar-refractivity contribution in [3.8, 4) is 5.75 Å². The van der Waals surface area contributed by atoms with Crippen molar-refractivity contribution in [3.63, 3.8) is 0 Å². The molecule has 0 radical (unpaired) electrons. The molecule has 1 atom stereocenters. The first kappa shape index (κ1) is 19.4. The van der Waals surface area contributed by atoms with E-state index in [0.29, 0.717) is 28.0 Å². The van der Waals surface area contributed by atoms with Gasteiger partial charge in [0, 0.05) is 10.0 Å². The third-order valence-corrected chi connectivity index (χ3v) is 5.16. The minimum atomic E-state index is -0.402. The van der Waals surface area contributed by atoms with Crippen LogP contribution in [0.25, 0.3) is 0 Å². The van der Waals surface area contributed by atoms with Crippen LogP contribution in [0.5, 0.6) is 5.75 Å². The summed E-state index contributed by atoms with van der Waals surface area (Å²) in [5, 5.41) is 10.0. The predicted molar refractivity (Wildman–Crippen MR) is 111 cm³/mol. The Hall–Kier alpha value is -2.91. The average molecular weight is 477 g/mol. The lowest BCUT2D eigenvalue weighted by atomic mass is 10.0. The van der Waals surface area contributed by atoms with Crippen LogP contribution in [0.3, 0.4) is 0 Å². The number of nitrogens with zero attached hydrogens (tertiary/aromatic N) is 3. The van der Waals surface area contributed by atoms with Gasteiger partial charge < -0.3 is 10.1 Å². The number of benzene rings is 2. The molecule has 0 bridgehead atoms. The highest BCUT2D eigenvalue weighted by atomic mass is 79.9. The van der Waals surface area contributed by atoms with Gasteiger partial charge in [0.05, 0.1) is 23.2 Å². The van der Waals surface area contributed by atoms with Gasteiger partial charge in [0.1, 0.15) is 12.1 Å². The zero-order valence-electron chi connectivity index (χ0n) is 14.9. The topological polar surface area (TPSA) is 98.1 Å². The summed E-state index contributed by atoms with van der Waals surface area (Å²) in [5.74, 6) is 0.324. The molecule has 4 rings (SSSR count). The smallest absolute Gasteiger partial charge is 0.262 e. The molecule has 2 amide bonds. The minimum absolute atomic E-state index is 0.169. The van der Waals surface area contributed by atoms with Gasteiger partial charge in [-0.15, -0.1) is 0 Å². The maximum absolute atomic E-state index is 12.3. The lowest BCUT2D eigenvalue weighted by molar-refractivity contribution is -0.118. The summed E-state index contributed by atoms with van der Waals surface area (Å²) in [6, 6.07) is 11.9. The zero-order chi connectivity index (χ0) is 20.4. The van der Waals surface area contributed by atoms with Gasteiger partial charge in [-0.3, -0.25) is 14.9 Å². The van der Waals surface area contributed by atoms with Crippen LogP contribution >= 0.6 is 27.5 Å². The molecule has 2 heterocycles. The molecule has 0 fully saturated rings. The molecule has 148 valence electrons. The van der Waals surface area contributed by atoms with Crippen molar-refractivity contribution < 1.29 is 14.3 Å². The van der Waals surface area contributed by atoms with Gasteiger partial charge in [-0.1, -0.05) is 39.7 Å². The molecular formula is C19H15BrClN5O3. The third-order valence-electron chi connectivity index (χ3n) is 4.34. The molecular weight excluding hydrogens is 462 g/mol. The summed E-state index contributed by atoms with van der Waals surface area (Å²) in [5.41, 5.74) is 1.22. The molecule has 1 aliphatic rings. The number of amides is 2. The average Bonchev–Trinajstić information content (AvgIpc) is 3.16. The fourth-order valence-corrected chi connectivity index (χ4v) is 3.61. The van der Waals surface area contributed by atoms with Gasteiger partial charge >= 0.3 is 0 Å². The summed E-state index contributed by atoms with van der Waals surface area (Å²) in [6.07, 6.45) is 1.55. The van der Waals surface area contributed by atoms with Crippen molar-refractivity contribution in [1.29, 1.82) is 0 Å². The van der Waals surface area contributed by atoms with Crippen LogP contribution in [0, 0.1) is 0 Å². The van der Waals surface area contributed by atoms with Gasteiger partial charge in [-0.2, -0.15) is 10.1 Å². The number of carbonyl (C=O) groups excluding carboxylic acids is 2. The lowest BCUT2D eigenvalue weighted by Gasteiger charge is -2.25. The van der Waals surface area contributed by atoms with Crippen LogP contribution in [-0.2, 0) is 9.59 Å². The number of fused-ring (bicyclic) bond motifs is 1. The van der Waals surface area contributed by atoms with Crippen molar-refractivity contribution in [2.75, 3.05) is 17.2 Å². The van der Waals surface area contributed by atoms with Gasteiger partial charge in [0.25, 0.3) is 5.91 Å². The molecule has 8 nitrogen and oxygen atoms in total. The van der Waals surface area contributed by atoms with E-state index >= 15 is 0 Å². The number of hydrogen-bond acceptors (Lipinski definition) is 5. The maximum atomic E-state index is 12.3. The van der Waals surface area contributed by atoms with Crippen molar-refractivity contribution in [1.82, 2.24) is 14.8 Å². The second-order valence-electron chi connectivity index (χ2n) is 6.30. The molecule has 1 unspecified atom stereocenters. The van der Waals surface area contributed by atoms with Gasteiger partial charge in [0.2, 0.25) is 11.9 Å². The van der Waals surface area contributed by atoms with Crippen LogP contribution in [0.2, 0.25) is 5.02 Å². The molecule has 2 aromatic carbocycles. The molecule has 2 N–H and O–H groups in total. The largest absolute Gasteiger partial charge is 0.483 e. The number of carbonyl (C=O) groups is 2. The fraction of sp³-hybridized carbons (Fsp3) is 0.158. The Morgan fingerprint density at radius 3 is 3.00 bits per heavy atom. The van der Waals surface area contributed by atoms with Crippen LogP contribution in [0.15, 0.2) is 53.3 Å². The van der Waals surface area contributed by atoms with Crippen LogP contribution < -0.4 is 15.4 Å². The van der Waals surface area contributed by atoms with Crippen LogP contribution in [0.4, 0.5) is 11.6 Å². The third kappa shape index (κ3) is 4.25. The number of nitrogens with one attached hydrogen (secondary N) is 2. The molecule has 29 heavy (non-hydrogen) atoms. The van der Waals surface area contributed by atoms with E-state index in [2.05, 4.69) is 36.6 Å². The van der Waals surface area contributed by atoms with E-state index in [-0.39, 0.29) is 24.8 Å². The van der Waals surface area contributed by atoms with Gasteiger partial charge in [0.15, 0.2) is 6.61 Å². The second kappa shape index (κ2) is 8.22. The molecule has 0 spiro atoms. The van der Waals surface area contributed by atoms with E-state index in [4.69, 9.17) is 16.3 Å². The van der Waals surface area contributed by atoms with Crippen LogP contribution in [0.1, 0.15) is 18.0 Å². The van der Waals surface area contributed by atoms with Crippen LogP contribution in [-0.4, -0.2) is 33.2 Å². The SMILES string of the molecule is O=C(COc1ccc(Br)cc1C1CC(=O)Nc2ncnn21)Nc1ccccc1Cl. The molecule has 1 aliphatic heterocycles. The first-order chi connectivity index (χ1) is 14.0. The minimum Gasteiger partial charge on any atom is -0.483 e. The Bertz CT molecular complexity index is 1090. The van der Waals surface area contributed by atoms with E-state index < -0.39 is 6.04 Å². The number of halogens is 2. The standard InChI is InChI=1S/C19H15BrClN5O3/c20-11-5-6-16(29-9-18(28)24-14-4-2-1-3-13(14)21)12(7-11)15-8-17(27)25-19-22-10-23-26(15)19/h1-7,10,15H,8-9H2,(H,24,28)(H,22,23,25,27). The van der Waals surface area contributed by atoms with Crippen molar-refractivity contribution in [2.24, 2.45) is 0 Å². The number of para-hydroxylation sites is 1. The normalized spacial score (nSPS) is 15.4. The van der Waals surface area contributed by atoms with E-state index in [0.717, 1.165) is 4.47 Å². The number of rotatable bonds is 5. The first-order valence-electron chi connectivity index (χ1n) is 8.67. The van der Waals surface area contributed by atoms with E-state index in [1.54, 1.807) is 41.1 Å². The highest BCUT2D eigenvalue weighted by molar-refractivity contribution is 9.10. The Labute approximate surface area is 179 Å². The number of anilines is 2. The van der Waals surface area contributed by atoms with E-state index in [1.807, 2.05) is 6.07 Å². The Morgan fingerprint density at radius 1 is 1.34 bits per heavy atom. The van der Waals surface area contributed by atoms with Gasteiger partial charge in [-0.05, 0) is 30.3 Å². The molecule has 10 heteroatoms. The summed E-state index contributed by atoms with van der Waals surface area (Å²) >= 11 is 9.51. The predicted octanol–water partition coefficient (Wildman–Crippen LogP) is 3.64. The summed E-state index contributed by atoms with van der Waals surface area (Å²) < 4.78 is 8.21. The molecule has 1 aromatic heterocycles. The summed E-state index contributed by atoms with van der Waals surface area (Å²) in [4.78, 5) is 28.4. The summed E-state index contributed by atoms with van der Waals surface area (Å²) in [7, 11) is 0. The first-order valence-corrected chi connectivity index (χ1v) is 9.84. The Kier molecular flexibility index (Phi) is 5.50. The van der Waals surface area contributed by atoms with E-state index in [9.17, 15) is 9.59 Å². The fourth-order valence-electron chi connectivity index (χ4n) is 3.05. The zero-order valence-corrected chi connectivity index (χ0v) is 17.3. The monoisotopic (exact) mass is 475 g/mol. The van der Waals surface area contributed by atoms with Crippen molar-refractivity contribution >= 4 is 51.0 Å². The Balaban J connectivity index is 1.55. The molecule has 0 saturated carbocycles. The quantitative estimate of drug-likeness (QED) is 0.586. The second-order valence-corrected chi connectivity index (χ2v) is 7.62. The summed E-state index contributed by atoms with van der Waals surface area (Å²) in [6.45, 7) is -0.219. The maximum Gasteiger partial charge on any atom is 0.262 e. The lowest BCUT2D eigenvalue weighted by Crippen LogP contribution is -2.30. The number of aromatic nitrogens is 3. The van der Waals surface area contributed by atoms with Crippen molar-refractivity contribution in [3.05, 3.63) is 63.9 Å². The highest BCUT2D eigenvalue weighted by Gasteiger charge is 2.30. The van der Waals surface area contributed by atoms with Gasteiger partial charge in [-0.25, -0.2) is 4.68 Å². The molecule has 3 aromatic rings. The van der Waals surface area contributed by atoms with Crippen molar-refractivity contribution in [2.45, 2.75) is 12.5 Å². The number of ether oxygens (including phenoxy) is 1.